The molecule has 0 aliphatic rings. The first-order valence-electron chi connectivity index (χ1n) is 6.11. The van der Waals surface area contributed by atoms with Gasteiger partial charge in [-0.3, -0.25) is 4.79 Å². The molecule has 0 unspecified atom stereocenters. The summed E-state index contributed by atoms with van der Waals surface area (Å²) in [6, 6.07) is 14.8. The molecule has 0 fully saturated rings. The molecule has 0 atom stereocenters. The van der Waals surface area contributed by atoms with Crippen molar-refractivity contribution in [2.24, 2.45) is 0 Å². The molecule has 2 rings (SSSR count). The van der Waals surface area contributed by atoms with Crippen LogP contribution >= 0.6 is 11.6 Å². The molecule has 2 nitrogen and oxygen atoms in total. The Morgan fingerprint density at radius 2 is 1.89 bits per heavy atom. The van der Waals surface area contributed by atoms with Crippen molar-refractivity contribution in [2.45, 2.75) is 12.8 Å². The highest BCUT2D eigenvalue weighted by Gasteiger charge is 2.06. The van der Waals surface area contributed by atoms with E-state index in [2.05, 4.69) is 0 Å². The number of benzene rings is 2. The Morgan fingerprint density at radius 3 is 2.53 bits per heavy atom. The SMILES string of the molecule is COc1ccc(CCC(=O)c2cccc(Cl)c2)cc1. The van der Waals surface area contributed by atoms with E-state index < -0.39 is 0 Å². The van der Waals surface area contributed by atoms with Gasteiger partial charge in [0.15, 0.2) is 5.78 Å². The van der Waals surface area contributed by atoms with Gasteiger partial charge in [-0.2, -0.15) is 0 Å². The molecule has 0 aliphatic heterocycles. The first kappa shape index (κ1) is 13.6. The Hall–Kier alpha value is -1.80. The number of carbonyl (C=O) groups excluding carboxylic acids is 1. The van der Waals surface area contributed by atoms with Crippen LogP contribution in [-0.4, -0.2) is 12.9 Å². The van der Waals surface area contributed by atoms with Crippen molar-refractivity contribution in [1.82, 2.24) is 0 Å². The Bertz CT molecular complexity index is 561. The third kappa shape index (κ3) is 3.83. The average molecular weight is 275 g/mol. The fourth-order valence-corrected chi connectivity index (χ4v) is 2.05. The van der Waals surface area contributed by atoms with E-state index in [9.17, 15) is 4.79 Å². The molecular formula is C16H15ClO2. The van der Waals surface area contributed by atoms with Gasteiger partial charge in [0.2, 0.25) is 0 Å². The number of methoxy groups -OCH3 is 1. The molecule has 2 aromatic rings. The summed E-state index contributed by atoms with van der Waals surface area (Å²) in [6.07, 6.45) is 1.20. The molecule has 0 radical (unpaired) electrons. The number of ketones is 1. The summed E-state index contributed by atoms with van der Waals surface area (Å²) in [4.78, 5) is 12.0. The zero-order valence-corrected chi connectivity index (χ0v) is 11.5. The van der Waals surface area contributed by atoms with E-state index in [1.165, 1.54) is 0 Å². The topological polar surface area (TPSA) is 26.3 Å². The minimum Gasteiger partial charge on any atom is -0.497 e. The van der Waals surface area contributed by atoms with Crippen LogP contribution in [0.3, 0.4) is 0 Å². The zero-order chi connectivity index (χ0) is 13.7. The van der Waals surface area contributed by atoms with E-state index in [1.54, 1.807) is 31.4 Å². The van der Waals surface area contributed by atoms with Crippen molar-refractivity contribution in [3.63, 3.8) is 0 Å². The first-order chi connectivity index (χ1) is 9.19. The second-order valence-corrected chi connectivity index (χ2v) is 4.72. The molecule has 0 spiro atoms. The number of hydrogen-bond donors (Lipinski definition) is 0. The standard InChI is InChI=1S/C16H15ClO2/c1-19-15-8-5-12(6-9-15)7-10-16(18)13-3-2-4-14(17)11-13/h2-6,8-9,11H,7,10H2,1H3. The van der Waals surface area contributed by atoms with Crippen LogP contribution in [0.1, 0.15) is 22.3 Å². The maximum Gasteiger partial charge on any atom is 0.163 e. The van der Waals surface area contributed by atoms with Crippen LogP contribution in [-0.2, 0) is 6.42 Å². The number of aryl methyl sites for hydroxylation is 1. The van der Waals surface area contributed by atoms with Gasteiger partial charge in [0, 0.05) is 17.0 Å². The molecule has 3 heteroatoms. The van der Waals surface area contributed by atoms with Crippen LogP contribution in [0.4, 0.5) is 0 Å². The van der Waals surface area contributed by atoms with Crippen molar-refractivity contribution >= 4 is 17.4 Å². The van der Waals surface area contributed by atoms with Crippen LogP contribution < -0.4 is 4.74 Å². The van der Waals surface area contributed by atoms with Gasteiger partial charge < -0.3 is 4.74 Å². The highest BCUT2D eigenvalue weighted by molar-refractivity contribution is 6.31. The monoisotopic (exact) mass is 274 g/mol. The van der Waals surface area contributed by atoms with Crippen LogP contribution in [0.5, 0.6) is 5.75 Å². The van der Waals surface area contributed by atoms with Crippen molar-refractivity contribution in [1.29, 1.82) is 0 Å². The average Bonchev–Trinajstić information content (AvgIpc) is 2.45. The van der Waals surface area contributed by atoms with Gasteiger partial charge in [-0.1, -0.05) is 35.9 Å². The van der Waals surface area contributed by atoms with Crippen LogP contribution in [0.2, 0.25) is 5.02 Å². The molecule has 2 aromatic carbocycles. The predicted molar refractivity (Wildman–Crippen MR) is 77.1 cm³/mol. The molecule has 0 aliphatic carbocycles. The summed E-state index contributed by atoms with van der Waals surface area (Å²) in [5.74, 6) is 0.934. The van der Waals surface area contributed by atoms with Crippen molar-refractivity contribution in [3.05, 3.63) is 64.7 Å². The number of hydrogen-bond acceptors (Lipinski definition) is 2. The highest BCUT2D eigenvalue weighted by Crippen LogP contribution is 2.15. The molecule has 19 heavy (non-hydrogen) atoms. The maximum atomic E-state index is 12.0. The summed E-state index contributed by atoms with van der Waals surface area (Å²) in [5, 5.41) is 0.593. The fourth-order valence-electron chi connectivity index (χ4n) is 1.86. The molecular weight excluding hydrogens is 260 g/mol. The number of carbonyl (C=O) groups is 1. The molecule has 0 bridgehead atoms. The normalized spacial score (nSPS) is 10.2. The van der Waals surface area contributed by atoms with E-state index in [0.717, 1.165) is 17.7 Å². The van der Waals surface area contributed by atoms with Gasteiger partial charge in [-0.15, -0.1) is 0 Å². The van der Waals surface area contributed by atoms with E-state index in [4.69, 9.17) is 16.3 Å². The minimum atomic E-state index is 0.110. The Kier molecular flexibility index (Phi) is 4.58. The van der Waals surface area contributed by atoms with Gasteiger partial charge in [-0.25, -0.2) is 0 Å². The third-order valence-corrected chi connectivity index (χ3v) is 3.18. The van der Waals surface area contributed by atoms with Crippen molar-refractivity contribution < 1.29 is 9.53 Å². The minimum absolute atomic E-state index is 0.110. The molecule has 0 aromatic heterocycles. The molecule has 0 heterocycles. The van der Waals surface area contributed by atoms with E-state index in [0.29, 0.717) is 17.0 Å². The lowest BCUT2D eigenvalue weighted by atomic mass is 10.0. The van der Waals surface area contributed by atoms with Gasteiger partial charge in [0.1, 0.15) is 5.75 Å². The first-order valence-corrected chi connectivity index (χ1v) is 6.48. The summed E-state index contributed by atoms with van der Waals surface area (Å²) in [6.45, 7) is 0. The Balaban J connectivity index is 1.96. The Labute approximate surface area is 118 Å². The summed E-state index contributed by atoms with van der Waals surface area (Å²) in [5.41, 5.74) is 1.79. The van der Waals surface area contributed by atoms with E-state index in [1.807, 2.05) is 24.3 Å². The second-order valence-electron chi connectivity index (χ2n) is 4.28. The van der Waals surface area contributed by atoms with Gasteiger partial charge in [0.25, 0.3) is 0 Å². The van der Waals surface area contributed by atoms with Crippen LogP contribution in [0, 0.1) is 0 Å². The number of Topliss-reactive ketones (excluding diaryl/α,β-unsaturated/α-hetero) is 1. The smallest absolute Gasteiger partial charge is 0.163 e. The summed E-state index contributed by atoms with van der Waals surface area (Å²) < 4.78 is 5.10. The maximum absolute atomic E-state index is 12.0. The van der Waals surface area contributed by atoms with Crippen molar-refractivity contribution in [3.8, 4) is 5.75 Å². The number of halogens is 1. The largest absolute Gasteiger partial charge is 0.497 e. The fraction of sp³-hybridized carbons (Fsp3) is 0.188. The van der Waals surface area contributed by atoms with Crippen LogP contribution in [0.25, 0.3) is 0 Å². The molecule has 98 valence electrons. The summed E-state index contributed by atoms with van der Waals surface area (Å²) >= 11 is 5.87. The lowest BCUT2D eigenvalue weighted by Crippen LogP contribution is -2.01. The van der Waals surface area contributed by atoms with E-state index in [-0.39, 0.29) is 5.78 Å². The highest BCUT2D eigenvalue weighted by atomic mass is 35.5. The lowest BCUT2D eigenvalue weighted by molar-refractivity contribution is 0.0983. The van der Waals surface area contributed by atoms with E-state index >= 15 is 0 Å². The molecule has 0 saturated heterocycles. The number of ether oxygens (including phenoxy) is 1. The Morgan fingerprint density at radius 1 is 1.16 bits per heavy atom. The molecule has 0 N–H and O–H groups in total. The summed E-state index contributed by atoms with van der Waals surface area (Å²) in [7, 11) is 1.64. The second kappa shape index (κ2) is 6.39. The molecule has 0 amide bonds. The number of rotatable bonds is 5. The molecule has 0 saturated carbocycles. The van der Waals surface area contributed by atoms with Gasteiger partial charge >= 0.3 is 0 Å². The predicted octanol–water partition coefficient (Wildman–Crippen LogP) is 4.16. The van der Waals surface area contributed by atoms with Crippen LogP contribution in [0.15, 0.2) is 48.5 Å². The van der Waals surface area contributed by atoms with Gasteiger partial charge in [0.05, 0.1) is 7.11 Å². The quantitative estimate of drug-likeness (QED) is 0.765. The lowest BCUT2D eigenvalue weighted by Gasteiger charge is -2.04. The van der Waals surface area contributed by atoms with Crippen molar-refractivity contribution in [2.75, 3.05) is 7.11 Å². The van der Waals surface area contributed by atoms with Gasteiger partial charge in [-0.05, 0) is 36.2 Å². The zero-order valence-electron chi connectivity index (χ0n) is 10.7. The third-order valence-electron chi connectivity index (χ3n) is 2.95.